The fraction of sp³-hybridized carbons (Fsp3) is 0.240. The van der Waals surface area contributed by atoms with E-state index >= 15 is 0 Å². The number of ether oxygens (including phenoxy) is 1. The molecule has 3 rings (SSSR count). The Labute approximate surface area is 188 Å². The topological polar surface area (TPSA) is 97.6 Å². The van der Waals surface area contributed by atoms with Crippen molar-refractivity contribution in [3.8, 4) is 5.75 Å². The first kappa shape index (κ1) is 22.8. The van der Waals surface area contributed by atoms with Crippen LogP contribution in [0.4, 0.5) is 10.5 Å². The minimum Gasteiger partial charge on any atom is -0.487 e. The zero-order valence-electron chi connectivity index (χ0n) is 18.5. The van der Waals surface area contributed by atoms with Gasteiger partial charge >= 0.3 is 6.03 Å². The van der Waals surface area contributed by atoms with Gasteiger partial charge in [0.05, 0.1) is 11.4 Å². The number of hydrazine groups is 1. The van der Waals surface area contributed by atoms with Crippen molar-refractivity contribution >= 4 is 18.1 Å². The van der Waals surface area contributed by atoms with Crippen LogP contribution < -0.4 is 20.9 Å². The van der Waals surface area contributed by atoms with Gasteiger partial charge in [0, 0.05) is 12.1 Å². The largest absolute Gasteiger partial charge is 0.487 e. The van der Waals surface area contributed by atoms with Crippen molar-refractivity contribution in [3.05, 3.63) is 89.7 Å². The summed E-state index contributed by atoms with van der Waals surface area (Å²) in [5.74, 6) is 0.877. The van der Waals surface area contributed by atoms with Crippen molar-refractivity contribution in [1.82, 2.24) is 10.4 Å². The normalized spacial score (nSPS) is 12.0. The molecule has 3 amide bonds. The molecule has 0 fully saturated rings. The average molecular weight is 433 g/mol. The van der Waals surface area contributed by atoms with Crippen molar-refractivity contribution < 1.29 is 14.3 Å². The van der Waals surface area contributed by atoms with E-state index in [2.05, 4.69) is 43.3 Å². The number of hydrogen-bond donors (Lipinski definition) is 2. The van der Waals surface area contributed by atoms with Crippen LogP contribution in [0.5, 0.6) is 5.75 Å². The SMILES string of the molecule is CC(C)(C)C(c1ccc(OCc2ccccn2)cc1)c1ccc(N(NC=O)C(N)=O)cc1. The number of urea groups is 1. The molecule has 0 aliphatic carbocycles. The van der Waals surface area contributed by atoms with Gasteiger partial charge < -0.3 is 10.5 Å². The number of pyridine rings is 1. The maximum Gasteiger partial charge on any atom is 0.338 e. The van der Waals surface area contributed by atoms with E-state index in [1.54, 1.807) is 18.3 Å². The molecular weight excluding hydrogens is 404 g/mol. The van der Waals surface area contributed by atoms with Crippen LogP contribution in [-0.4, -0.2) is 17.4 Å². The second kappa shape index (κ2) is 9.96. The molecule has 7 nitrogen and oxygen atoms in total. The molecule has 2 aromatic carbocycles. The Kier molecular flexibility index (Phi) is 7.10. The van der Waals surface area contributed by atoms with Crippen LogP contribution in [0.1, 0.15) is 43.5 Å². The number of anilines is 1. The summed E-state index contributed by atoms with van der Waals surface area (Å²) in [6.07, 6.45) is 2.16. The van der Waals surface area contributed by atoms with Gasteiger partial charge in [-0.15, -0.1) is 0 Å². The minimum absolute atomic E-state index is 0.0672. The van der Waals surface area contributed by atoms with Gasteiger partial charge in [0.15, 0.2) is 0 Å². The van der Waals surface area contributed by atoms with Gasteiger partial charge in [-0.25, -0.2) is 9.80 Å². The molecule has 0 aliphatic rings. The molecule has 3 N–H and O–H groups in total. The second-order valence-corrected chi connectivity index (χ2v) is 8.49. The maximum atomic E-state index is 11.6. The lowest BCUT2D eigenvalue weighted by atomic mass is 9.72. The first-order valence-electron chi connectivity index (χ1n) is 10.3. The van der Waals surface area contributed by atoms with Gasteiger partial charge in [0.2, 0.25) is 6.41 Å². The molecule has 1 heterocycles. The zero-order valence-corrected chi connectivity index (χ0v) is 18.5. The Hall–Kier alpha value is -3.87. The number of nitrogens with two attached hydrogens (primary N) is 1. The summed E-state index contributed by atoms with van der Waals surface area (Å²) < 4.78 is 5.86. The summed E-state index contributed by atoms with van der Waals surface area (Å²) in [6, 6.07) is 20.5. The number of nitrogens with one attached hydrogen (secondary N) is 1. The number of rotatable bonds is 8. The highest BCUT2D eigenvalue weighted by molar-refractivity contribution is 5.91. The molecule has 166 valence electrons. The van der Waals surface area contributed by atoms with Gasteiger partial charge in [0.1, 0.15) is 12.4 Å². The maximum absolute atomic E-state index is 11.6. The number of amides is 3. The number of nitrogens with zero attached hydrogens (tertiary/aromatic N) is 2. The molecule has 1 aromatic heterocycles. The van der Waals surface area contributed by atoms with E-state index in [1.165, 1.54) is 0 Å². The lowest BCUT2D eigenvalue weighted by Crippen LogP contribution is -2.45. The number of hydrogen-bond acceptors (Lipinski definition) is 4. The minimum atomic E-state index is -0.765. The third-order valence-corrected chi connectivity index (χ3v) is 5.08. The number of aromatic nitrogens is 1. The zero-order chi connectivity index (χ0) is 23.1. The Bertz CT molecular complexity index is 1030. The van der Waals surface area contributed by atoms with Crippen LogP contribution in [0, 0.1) is 5.41 Å². The summed E-state index contributed by atoms with van der Waals surface area (Å²) in [4.78, 5) is 26.6. The van der Waals surface area contributed by atoms with Crippen molar-refractivity contribution in [2.45, 2.75) is 33.3 Å². The van der Waals surface area contributed by atoms with Gasteiger partial charge in [-0.05, 0) is 52.9 Å². The van der Waals surface area contributed by atoms with E-state index < -0.39 is 6.03 Å². The summed E-state index contributed by atoms with van der Waals surface area (Å²) in [5.41, 5.74) is 11.2. The molecule has 0 radical (unpaired) electrons. The fourth-order valence-electron chi connectivity index (χ4n) is 3.72. The smallest absolute Gasteiger partial charge is 0.338 e. The quantitative estimate of drug-likeness (QED) is 0.408. The number of carbonyl (C=O) groups excluding carboxylic acids is 2. The Morgan fingerprint density at radius 2 is 1.69 bits per heavy atom. The van der Waals surface area contributed by atoms with Gasteiger partial charge in [0.25, 0.3) is 0 Å². The monoisotopic (exact) mass is 432 g/mol. The third kappa shape index (κ3) is 5.63. The van der Waals surface area contributed by atoms with Crippen LogP contribution in [0.3, 0.4) is 0 Å². The highest BCUT2D eigenvalue weighted by Crippen LogP contribution is 2.41. The third-order valence-electron chi connectivity index (χ3n) is 5.08. The van der Waals surface area contributed by atoms with Crippen molar-refractivity contribution in [3.63, 3.8) is 0 Å². The molecular formula is C25H28N4O3. The highest BCUT2D eigenvalue weighted by Gasteiger charge is 2.28. The molecule has 0 bridgehead atoms. The predicted molar refractivity (Wildman–Crippen MR) is 124 cm³/mol. The van der Waals surface area contributed by atoms with E-state index in [-0.39, 0.29) is 11.3 Å². The summed E-state index contributed by atoms with van der Waals surface area (Å²) in [5, 5.41) is 0.997. The van der Waals surface area contributed by atoms with Crippen LogP contribution >= 0.6 is 0 Å². The van der Waals surface area contributed by atoms with Crippen LogP contribution in [0.15, 0.2) is 72.9 Å². The summed E-state index contributed by atoms with van der Waals surface area (Å²) in [6.45, 7) is 6.96. The second-order valence-electron chi connectivity index (χ2n) is 8.49. The van der Waals surface area contributed by atoms with Crippen LogP contribution in [-0.2, 0) is 11.4 Å². The fourth-order valence-corrected chi connectivity index (χ4v) is 3.72. The van der Waals surface area contributed by atoms with Crippen LogP contribution in [0.2, 0.25) is 0 Å². The van der Waals surface area contributed by atoms with Gasteiger partial charge in [-0.3, -0.25) is 15.2 Å². The Balaban J connectivity index is 1.81. The molecule has 1 unspecified atom stereocenters. The number of carbonyl (C=O) groups is 2. The first-order valence-corrected chi connectivity index (χ1v) is 10.3. The first-order chi connectivity index (χ1) is 15.3. The van der Waals surface area contributed by atoms with Crippen molar-refractivity contribution in [2.24, 2.45) is 11.1 Å². The van der Waals surface area contributed by atoms with Crippen molar-refractivity contribution in [1.29, 1.82) is 0 Å². The highest BCUT2D eigenvalue weighted by atomic mass is 16.5. The van der Waals surface area contributed by atoms with E-state index in [9.17, 15) is 9.59 Å². The van der Waals surface area contributed by atoms with Crippen LogP contribution in [0.25, 0.3) is 0 Å². The van der Waals surface area contributed by atoms with Gasteiger partial charge in [-0.2, -0.15) is 0 Å². The van der Waals surface area contributed by atoms with Crippen molar-refractivity contribution in [2.75, 3.05) is 5.01 Å². The Morgan fingerprint density at radius 1 is 1.06 bits per heavy atom. The average Bonchev–Trinajstić information content (AvgIpc) is 2.77. The molecule has 0 spiro atoms. The van der Waals surface area contributed by atoms with E-state index in [4.69, 9.17) is 10.5 Å². The molecule has 1 atom stereocenters. The summed E-state index contributed by atoms with van der Waals surface area (Å²) in [7, 11) is 0. The molecule has 0 aliphatic heterocycles. The number of primary amides is 1. The molecule has 32 heavy (non-hydrogen) atoms. The standard InChI is InChI=1S/C25H28N4O3/c1-25(2,3)23(18-7-11-21(12-8-18)29(24(26)31)28-17-30)19-9-13-22(14-10-19)32-16-20-6-4-5-15-27-20/h4-15,17,23H,16H2,1-3H3,(H2,26,31)(H,28,30). The molecule has 0 saturated heterocycles. The molecule has 0 saturated carbocycles. The lowest BCUT2D eigenvalue weighted by molar-refractivity contribution is -0.109. The number of benzene rings is 2. The lowest BCUT2D eigenvalue weighted by Gasteiger charge is -2.32. The molecule has 3 aromatic rings. The van der Waals surface area contributed by atoms with E-state index in [0.717, 1.165) is 27.6 Å². The molecule has 7 heteroatoms. The van der Waals surface area contributed by atoms with E-state index in [0.29, 0.717) is 18.7 Å². The Morgan fingerprint density at radius 3 is 2.19 bits per heavy atom. The van der Waals surface area contributed by atoms with E-state index in [1.807, 2.05) is 42.5 Å². The predicted octanol–water partition coefficient (Wildman–Crippen LogP) is 4.38. The summed E-state index contributed by atoms with van der Waals surface area (Å²) >= 11 is 0. The van der Waals surface area contributed by atoms with Gasteiger partial charge in [-0.1, -0.05) is 51.1 Å².